The zero-order chi connectivity index (χ0) is 8.10. The average molecular weight is 162 g/mol. The van der Waals surface area contributed by atoms with Gasteiger partial charge in [0.25, 0.3) is 0 Å². The molecule has 0 fully saturated rings. The molecule has 1 heterocycles. The van der Waals surface area contributed by atoms with Crippen molar-refractivity contribution in [2.45, 2.75) is 12.8 Å². The Hall–Kier alpha value is -1.32. The molecule has 1 rings (SSSR count). The summed E-state index contributed by atoms with van der Waals surface area (Å²) < 4.78 is 0. The third-order valence-corrected chi connectivity index (χ3v) is 2.31. The fourth-order valence-corrected chi connectivity index (χ4v) is 1.67. The smallest absolute Gasteiger partial charge is 0.0698 e. The zero-order valence-corrected chi connectivity index (χ0v) is 6.69. The van der Waals surface area contributed by atoms with Crippen LogP contribution in [-0.2, 0) is 12.8 Å². The molecule has 0 aliphatic carbocycles. The number of hydrogen-bond donors (Lipinski definition) is 0. The van der Waals surface area contributed by atoms with Crippen molar-refractivity contribution in [1.82, 2.24) is 0 Å². The Labute approximate surface area is 69.3 Å². The standard InChI is InChI=1S/C8H6N2S/c9-4-1-7-3-6-11-8(7)2-5-10/h3,6H,1-2H2. The van der Waals surface area contributed by atoms with Crippen molar-refractivity contribution in [3.05, 3.63) is 21.9 Å². The van der Waals surface area contributed by atoms with Crippen molar-refractivity contribution in [1.29, 1.82) is 10.5 Å². The second kappa shape index (κ2) is 3.75. The minimum atomic E-state index is 0.417. The summed E-state index contributed by atoms with van der Waals surface area (Å²) in [5.41, 5.74) is 0.999. The van der Waals surface area contributed by atoms with Gasteiger partial charge in [0, 0.05) is 4.88 Å². The molecule has 1 aromatic heterocycles. The fourth-order valence-electron chi connectivity index (χ4n) is 0.837. The van der Waals surface area contributed by atoms with Crippen LogP contribution in [0, 0.1) is 22.7 Å². The van der Waals surface area contributed by atoms with E-state index in [9.17, 15) is 0 Å². The lowest BCUT2D eigenvalue weighted by Gasteiger charge is -1.90. The topological polar surface area (TPSA) is 47.6 Å². The van der Waals surface area contributed by atoms with Crippen molar-refractivity contribution in [3.63, 3.8) is 0 Å². The highest BCUT2D eigenvalue weighted by atomic mass is 32.1. The highest BCUT2D eigenvalue weighted by molar-refractivity contribution is 7.10. The van der Waals surface area contributed by atoms with Gasteiger partial charge in [0.15, 0.2) is 0 Å². The number of rotatable bonds is 2. The van der Waals surface area contributed by atoms with Crippen LogP contribution in [0.2, 0.25) is 0 Å². The van der Waals surface area contributed by atoms with Crippen molar-refractivity contribution < 1.29 is 0 Å². The maximum absolute atomic E-state index is 8.40. The molecule has 0 atom stereocenters. The van der Waals surface area contributed by atoms with E-state index in [0.717, 1.165) is 10.4 Å². The molecule has 1 aromatic rings. The monoisotopic (exact) mass is 162 g/mol. The van der Waals surface area contributed by atoms with Crippen LogP contribution in [0.3, 0.4) is 0 Å². The Morgan fingerprint density at radius 3 is 2.64 bits per heavy atom. The first-order valence-electron chi connectivity index (χ1n) is 3.17. The van der Waals surface area contributed by atoms with E-state index < -0.39 is 0 Å². The highest BCUT2D eigenvalue weighted by Gasteiger charge is 2.01. The number of thiophene rings is 1. The first-order chi connectivity index (χ1) is 5.38. The summed E-state index contributed by atoms with van der Waals surface area (Å²) in [7, 11) is 0. The van der Waals surface area contributed by atoms with Crippen LogP contribution in [0.15, 0.2) is 11.4 Å². The lowest BCUT2D eigenvalue weighted by atomic mass is 10.2. The maximum atomic E-state index is 8.40. The largest absolute Gasteiger partial charge is 0.198 e. The van der Waals surface area contributed by atoms with Gasteiger partial charge in [0.2, 0.25) is 0 Å². The third-order valence-electron chi connectivity index (χ3n) is 1.35. The molecule has 3 heteroatoms. The molecule has 2 nitrogen and oxygen atoms in total. The van der Waals surface area contributed by atoms with Crippen LogP contribution in [0.4, 0.5) is 0 Å². The SMILES string of the molecule is N#CCc1ccsc1CC#N. The molecule has 0 aliphatic heterocycles. The minimum Gasteiger partial charge on any atom is -0.198 e. The molecule has 0 radical (unpaired) electrons. The van der Waals surface area contributed by atoms with Gasteiger partial charge in [0.05, 0.1) is 25.0 Å². The molecule has 0 amide bonds. The molecule has 0 aliphatic rings. The fraction of sp³-hybridized carbons (Fsp3) is 0.250. The summed E-state index contributed by atoms with van der Waals surface area (Å²) in [4.78, 5) is 1.02. The quantitative estimate of drug-likeness (QED) is 0.666. The lowest BCUT2D eigenvalue weighted by Crippen LogP contribution is -1.83. The van der Waals surface area contributed by atoms with Crippen LogP contribution in [-0.4, -0.2) is 0 Å². The van der Waals surface area contributed by atoms with Crippen LogP contribution in [0.25, 0.3) is 0 Å². The highest BCUT2D eigenvalue weighted by Crippen LogP contribution is 2.17. The van der Waals surface area contributed by atoms with Gasteiger partial charge in [-0.2, -0.15) is 10.5 Å². The maximum Gasteiger partial charge on any atom is 0.0698 e. The predicted molar refractivity (Wildman–Crippen MR) is 43.0 cm³/mol. The van der Waals surface area contributed by atoms with Crippen molar-refractivity contribution in [2.24, 2.45) is 0 Å². The van der Waals surface area contributed by atoms with Gasteiger partial charge in [-0.3, -0.25) is 0 Å². The first-order valence-corrected chi connectivity index (χ1v) is 4.05. The van der Waals surface area contributed by atoms with E-state index in [1.165, 1.54) is 0 Å². The number of nitriles is 2. The molecule has 0 saturated heterocycles. The molecular weight excluding hydrogens is 156 g/mol. The van der Waals surface area contributed by atoms with E-state index in [4.69, 9.17) is 10.5 Å². The summed E-state index contributed by atoms with van der Waals surface area (Å²) >= 11 is 1.54. The Balaban J connectivity index is 2.82. The first kappa shape index (κ1) is 7.78. The van der Waals surface area contributed by atoms with Crippen LogP contribution < -0.4 is 0 Å². The summed E-state index contributed by atoms with van der Waals surface area (Å²) in [6.07, 6.45) is 0.842. The van der Waals surface area contributed by atoms with Crippen molar-refractivity contribution in [3.8, 4) is 12.1 Å². The predicted octanol–water partition coefficient (Wildman–Crippen LogP) is 1.88. The van der Waals surface area contributed by atoms with Gasteiger partial charge in [-0.1, -0.05) is 0 Å². The summed E-state index contributed by atoms with van der Waals surface area (Å²) in [6.45, 7) is 0. The van der Waals surface area contributed by atoms with Crippen molar-refractivity contribution >= 4 is 11.3 Å². The molecule has 0 saturated carbocycles. The van der Waals surface area contributed by atoms with E-state index in [1.54, 1.807) is 11.3 Å². The molecule has 0 unspecified atom stereocenters. The third kappa shape index (κ3) is 1.80. The van der Waals surface area contributed by atoms with Gasteiger partial charge >= 0.3 is 0 Å². The second-order valence-corrected chi connectivity index (χ2v) is 3.04. The van der Waals surface area contributed by atoms with Gasteiger partial charge in [-0.15, -0.1) is 11.3 Å². The number of hydrogen-bond acceptors (Lipinski definition) is 3. The van der Waals surface area contributed by atoms with E-state index in [0.29, 0.717) is 12.8 Å². The van der Waals surface area contributed by atoms with E-state index >= 15 is 0 Å². The second-order valence-electron chi connectivity index (χ2n) is 2.04. The van der Waals surface area contributed by atoms with E-state index in [1.807, 2.05) is 11.4 Å². The van der Waals surface area contributed by atoms with Gasteiger partial charge in [-0.25, -0.2) is 0 Å². The Morgan fingerprint density at radius 2 is 2.00 bits per heavy atom. The minimum absolute atomic E-state index is 0.417. The Bertz CT molecular complexity index is 283. The molecule has 0 aromatic carbocycles. The zero-order valence-electron chi connectivity index (χ0n) is 5.87. The molecule has 0 N–H and O–H groups in total. The lowest BCUT2D eigenvalue weighted by molar-refractivity contribution is 1.20. The van der Waals surface area contributed by atoms with E-state index in [2.05, 4.69) is 12.1 Å². The van der Waals surface area contributed by atoms with Crippen molar-refractivity contribution in [2.75, 3.05) is 0 Å². The summed E-state index contributed by atoms with van der Waals surface area (Å²) in [6, 6.07) is 6.04. The molecular formula is C8H6N2S. The van der Waals surface area contributed by atoms with Crippen LogP contribution in [0.5, 0.6) is 0 Å². The molecule has 11 heavy (non-hydrogen) atoms. The summed E-state index contributed by atoms with van der Waals surface area (Å²) in [5.74, 6) is 0. The van der Waals surface area contributed by atoms with Gasteiger partial charge in [-0.05, 0) is 17.0 Å². The molecule has 54 valence electrons. The van der Waals surface area contributed by atoms with Gasteiger partial charge < -0.3 is 0 Å². The van der Waals surface area contributed by atoms with Gasteiger partial charge in [0.1, 0.15) is 0 Å². The molecule has 0 spiro atoms. The normalized spacial score (nSPS) is 8.55. The number of nitrogens with zero attached hydrogens (tertiary/aromatic N) is 2. The van der Waals surface area contributed by atoms with Crippen LogP contribution in [0.1, 0.15) is 10.4 Å². The van der Waals surface area contributed by atoms with Crippen LogP contribution >= 0.6 is 11.3 Å². The Kier molecular flexibility index (Phi) is 2.66. The molecule has 0 bridgehead atoms. The average Bonchev–Trinajstić information content (AvgIpc) is 2.39. The van der Waals surface area contributed by atoms with E-state index in [-0.39, 0.29) is 0 Å². The summed E-state index contributed by atoms with van der Waals surface area (Å²) in [5, 5.41) is 18.7. The Morgan fingerprint density at radius 1 is 1.27 bits per heavy atom.